The third-order valence-electron chi connectivity index (χ3n) is 3.49. The van der Waals surface area contributed by atoms with Gasteiger partial charge in [0.25, 0.3) is 5.91 Å². The van der Waals surface area contributed by atoms with Gasteiger partial charge in [0, 0.05) is 12.0 Å². The van der Waals surface area contributed by atoms with Gasteiger partial charge in [-0.05, 0) is 38.2 Å². The number of anilines is 1. The highest BCUT2D eigenvalue weighted by Gasteiger charge is 2.22. The van der Waals surface area contributed by atoms with E-state index in [1.165, 1.54) is 24.8 Å². The number of fused-ring (bicyclic) bond motifs is 1. The Kier molecular flexibility index (Phi) is 4.56. The number of hydrogen-bond acceptors (Lipinski definition) is 4. The van der Waals surface area contributed by atoms with Crippen molar-refractivity contribution in [1.29, 1.82) is 5.26 Å². The molecule has 1 aliphatic rings. The second-order valence-electron chi connectivity index (χ2n) is 4.75. The highest BCUT2D eigenvalue weighted by molar-refractivity contribution is 7.16. The van der Waals surface area contributed by atoms with Gasteiger partial charge in [0.15, 0.2) is 0 Å². The van der Waals surface area contributed by atoms with Crippen molar-refractivity contribution in [3.8, 4) is 6.07 Å². The molecule has 1 aromatic heterocycles. The summed E-state index contributed by atoms with van der Waals surface area (Å²) in [6, 6.07) is 2.25. The molecular formula is C14H18N2O2S. The zero-order valence-corrected chi connectivity index (χ0v) is 12.1. The minimum atomic E-state index is -0.506. The number of amides is 1. The largest absolute Gasteiger partial charge is 0.372 e. The number of rotatable bonds is 3. The van der Waals surface area contributed by atoms with Crippen molar-refractivity contribution in [2.75, 3.05) is 12.4 Å². The molecule has 1 amide bonds. The summed E-state index contributed by atoms with van der Waals surface area (Å²) in [5.41, 5.74) is 1.80. The van der Waals surface area contributed by atoms with E-state index in [4.69, 9.17) is 4.74 Å². The zero-order valence-electron chi connectivity index (χ0n) is 11.3. The normalized spacial score (nSPS) is 16.1. The lowest BCUT2D eigenvalue weighted by atomic mass is 10.1. The molecule has 0 radical (unpaired) electrons. The molecule has 1 aromatic rings. The van der Waals surface area contributed by atoms with Crippen LogP contribution in [-0.2, 0) is 22.4 Å². The van der Waals surface area contributed by atoms with E-state index in [2.05, 4.69) is 11.4 Å². The number of nitrogens with zero attached hydrogens (tertiary/aromatic N) is 1. The maximum atomic E-state index is 11.9. The number of carbonyl (C=O) groups is 1. The fourth-order valence-corrected chi connectivity index (χ4v) is 3.51. The van der Waals surface area contributed by atoms with Crippen LogP contribution in [0.3, 0.4) is 0 Å². The van der Waals surface area contributed by atoms with Crippen LogP contribution in [0.5, 0.6) is 0 Å². The monoisotopic (exact) mass is 278 g/mol. The Morgan fingerprint density at radius 2 is 2.16 bits per heavy atom. The standard InChI is InChI=1S/C14H18N2O2S/c1-9(18-2)13(17)16-14-11(8-15)10-6-4-3-5-7-12(10)19-14/h9H,3-7H2,1-2H3,(H,16,17). The van der Waals surface area contributed by atoms with Gasteiger partial charge in [-0.15, -0.1) is 11.3 Å². The number of carbonyl (C=O) groups excluding carboxylic acids is 1. The van der Waals surface area contributed by atoms with Crippen molar-refractivity contribution < 1.29 is 9.53 Å². The van der Waals surface area contributed by atoms with E-state index in [0.29, 0.717) is 10.6 Å². The van der Waals surface area contributed by atoms with E-state index in [1.54, 1.807) is 18.3 Å². The molecule has 1 aliphatic carbocycles. The number of nitrogens with one attached hydrogen (secondary N) is 1. The van der Waals surface area contributed by atoms with Crippen LogP contribution in [0.4, 0.5) is 5.00 Å². The maximum Gasteiger partial charge on any atom is 0.253 e. The minimum Gasteiger partial charge on any atom is -0.372 e. The van der Waals surface area contributed by atoms with Crippen molar-refractivity contribution in [2.45, 2.75) is 45.1 Å². The fraction of sp³-hybridized carbons (Fsp3) is 0.571. The number of thiophene rings is 1. The smallest absolute Gasteiger partial charge is 0.253 e. The van der Waals surface area contributed by atoms with Gasteiger partial charge >= 0.3 is 0 Å². The summed E-state index contributed by atoms with van der Waals surface area (Å²) >= 11 is 1.55. The average molecular weight is 278 g/mol. The summed E-state index contributed by atoms with van der Waals surface area (Å²) < 4.78 is 4.99. The molecule has 19 heavy (non-hydrogen) atoms. The highest BCUT2D eigenvalue weighted by Crippen LogP contribution is 2.36. The fourth-order valence-electron chi connectivity index (χ4n) is 2.27. The molecule has 2 rings (SSSR count). The number of hydrogen-bond donors (Lipinski definition) is 1. The predicted octanol–water partition coefficient (Wildman–Crippen LogP) is 2.86. The lowest BCUT2D eigenvalue weighted by Gasteiger charge is -2.09. The van der Waals surface area contributed by atoms with E-state index in [0.717, 1.165) is 24.8 Å². The quantitative estimate of drug-likeness (QED) is 0.865. The Labute approximate surface area is 117 Å². The summed E-state index contributed by atoms with van der Waals surface area (Å²) in [4.78, 5) is 13.1. The highest BCUT2D eigenvalue weighted by atomic mass is 32.1. The molecule has 1 N–H and O–H groups in total. The first-order valence-corrected chi connectivity index (χ1v) is 7.37. The molecule has 0 aromatic carbocycles. The SMILES string of the molecule is COC(C)C(=O)Nc1sc2c(c1C#N)CCCCC2. The summed E-state index contributed by atoms with van der Waals surface area (Å²) in [5, 5.41) is 12.8. The summed E-state index contributed by atoms with van der Waals surface area (Å²) in [6.45, 7) is 1.69. The maximum absolute atomic E-state index is 11.9. The Morgan fingerprint density at radius 3 is 2.84 bits per heavy atom. The predicted molar refractivity (Wildman–Crippen MR) is 75.4 cm³/mol. The van der Waals surface area contributed by atoms with E-state index >= 15 is 0 Å². The summed E-state index contributed by atoms with van der Waals surface area (Å²) in [5.74, 6) is -0.199. The van der Waals surface area contributed by atoms with Gasteiger partial charge in [0.05, 0.1) is 5.56 Å². The van der Waals surface area contributed by atoms with Crippen molar-refractivity contribution in [3.63, 3.8) is 0 Å². The Balaban J connectivity index is 2.27. The molecule has 4 nitrogen and oxygen atoms in total. The van der Waals surface area contributed by atoms with Gasteiger partial charge in [0.1, 0.15) is 17.2 Å². The van der Waals surface area contributed by atoms with E-state index < -0.39 is 6.10 Å². The van der Waals surface area contributed by atoms with Crippen LogP contribution in [0.25, 0.3) is 0 Å². The average Bonchev–Trinajstić information content (AvgIpc) is 2.59. The van der Waals surface area contributed by atoms with Crippen LogP contribution in [-0.4, -0.2) is 19.1 Å². The lowest BCUT2D eigenvalue weighted by Crippen LogP contribution is -2.26. The molecule has 0 bridgehead atoms. The van der Waals surface area contributed by atoms with Crippen LogP contribution in [0, 0.1) is 11.3 Å². The third kappa shape index (κ3) is 2.96. The number of methoxy groups -OCH3 is 1. The zero-order chi connectivity index (χ0) is 13.8. The molecule has 0 saturated heterocycles. The molecule has 0 saturated carbocycles. The molecule has 0 fully saturated rings. The molecule has 5 heteroatoms. The molecule has 0 aliphatic heterocycles. The van der Waals surface area contributed by atoms with Gasteiger partial charge in [-0.25, -0.2) is 0 Å². The number of nitriles is 1. The van der Waals surface area contributed by atoms with Crippen LogP contribution < -0.4 is 5.32 Å². The number of ether oxygens (including phenoxy) is 1. The van der Waals surface area contributed by atoms with Crippen molar-refractivity contribution in [3.05, 3.63) is 16.0 Å². The molecule has 1 unspecified atom stereocenters. The van der Waals surface area contributed by atoms with E-state index in [-0.39, 0.29) is 5.91 Å². The first-order valence-electron chi connectivity index (χ1n) is 6.55. The van der Waals surface area contributed by atoms with E-state index in [1.807, 2.05) is 0 Å². The van der Waals surface area contributed by atoms with Crippen molar-refractivity contribution in [2.24, 2.45) is 0 Å². The van der Waals surface area contributed by atoms with Crippen molar-refractivity contribution in [1.82, 2.24) is 0 Å². The Bertz CT molecular complexity index is 516. The third-order valence-corrected chi connectivity index (χ3v) is 4.70. The van der Waals surface area contributed by atoms with Crippen molar-refractivity contribution >= 4 is 22.2 Å². The first kappa shape index (κ1) is 14.0. The van der Waals surface area contributed by atoms with E-state index in [9.17, 15) is 10.1 Å². The molecule has 0 spiro atoms. The first-order chi connectivity index (χ1) is 9.17. The molecule has 1 atom stereocenters. The van der Waals surface area contributed by atoms with Gasteiger partial charge in [-0.1, -0.05) is 6.42 Å². The summed E-state index contributed by atoms with van der Waals surface area (Å²) in [6.07, 6.45) is 4.97. The molecule has 1 heterocycles. The lowest BCUT2D eigenvalue weighted by molar-refractivity contribution is -0.124. The Morgan fingerprint density at radius 1 is 1.42 bits per heavy atom. The number of aryl methyl sites for hydroxylation is 1. The second-order valence-corrected chi connectivity index (χ2v) is 5.85. The van der Waals surface area contributed by atoms with Gasteiger partial charge in [-0.3, -0.25) is 4.79 Å². The minimum absolute atomic E-state index is 0.199. The van der Waals surface area contributed by atoms with Gasteiger partial charge in [0.2, 0.25) is 0 Å². The van der Waals surface area contributed by atoms with Crippen LogP contribution in [0.1, 0.15) is 42.2 Å². The summed E-state index contributed by atoms with van der Waals surface area (Å²) in [7, 11) is 1.50. The van der Waals surface area contributed by atoms with Gasteiger partial charge < -0.3 is 10.1 Å². The topological polar surface area (TPSA) is 62.1 Å². The van der Waals surface area contributed by atoms with Crippen LogP contribution in [0.15, 0.2) is 0 Å². The van der Waals surface area contributed by atoms with Gasteiger partial charge in [-0.2, -0.15) is 5.26 Å². The molecule has 102 valence electrons. The molecular weight excluding hydrogens is 260 g/mol. The Hall–Kier alpha value is -1.38. The second kappa shape index (κ2) is 6.18. The van der Waals surface area contributed by atoms with Crippen LogP contribution in [0.2, 0.25) is 0 Å². The van der Waals surface area contributed by atoms with Crippen LogP contribution >= 0.6 is 11.3 Å².